The lowest BCUT2D eigenvalue weighted by molar-refractivity contribution is 0.0988. The van der Waals surface area contributed by atoms with Crippen molar-refractivity contribution in [2.75, 3.05) is 6.61 Å². The minimum absolute atomic E-state index is 0.0273. The first-order valence-electron chi connectivity index (χ1n) is 8.75. The second-order valence-corrected chi connectivity index (χ2v) is 7.66. The number of hydrogen-bond acceptors (Lipinski definition) is 6. The number of nitrogens with zero attached hydrogens (tertiary/aromatic N) is 4. The topological polar surface area (TPSA) is 80.9 Å². The second kappa shape index (κ2) is 8.92. The standard InChI is InChI=1S/C20H22N4O2S/c1-14(27-20-23-22-13-24(20)2)17-5-3-4-16(10-17)12-19(26)18-11-15(7-9-25)6-8-21-18/h3-6,8,10-11,13-14,25H,7,9,12H2,1-2H3/t14-/m0/s1. The summed E-state index contributed by atoms with van der Waals surface area (Å²) in [6.07, 6.45) is 4.12. The number of aliphatic hydroxyl groups excluding tert-OH is 1. The van der Waals surface area contributed by atoms with Crippen LogP contribution in [0.2, 0.25) is 0 Å². The van der Waals surface area contributed by atoms with Gasteiger partial charge in [-0.3, -0.25) is 9.78 Å². The van der Waals surface area contributed by atoms with Gasteiger partial charge in [0.1, 0.15) is 12.0 Å². The minimum Gasteiger partial charge on any atom is -0.396 e. The van der Waals surface area contributed by atoms with E-state index in [-0.39, 0.29) is 17.6 Å². The summed E-state index contributed by atoms with van der Waals surface area (Å²) in [6, 6.07) is 11.6. The Morgan fingerprint density at radius 2 is 2.11 bits per heavy atom. The highest BCUT2D eigenvalue weighted by Gasteiger charge is 2.14. The van der Waals surface area contributed by atoms with E-state index in [9.17, 15) is 4.79 Å². The summed E-state index contributed by atoms with van der Waals surface area (Å²) in [5.74, 6) is -0.0273. The van der Waals surface area contributed by atoms with Crippen molar-refractivity contribution in [1.29, 1.82) is 0 Å². The molecular weight excluding hydrogens is 360 g/mol. The molecular formula is C20H22N4O2S. The molecule has 0 unspecified atom stereocenters. The second-order valence-electron chi connectivity index (χ2n) is 6.35. The number of rotatable bonds is 8. The summed E-state index contributed by atoms with van der Waals surface area (Å²) in [5.41, 5.74) is 3.44. The lowest BCUT2D eigenvalue weighted by Gasteiger charge is -2.12. The predicted octanol–water partition coefficient (Wildman–Crippen LogP) is 3.02. The van der Waals surface area contributed by atoms with Crippen LogP contribution < -0.4 is 0 Å². The van der Waals surface area contributed by atoms with Crippen molar-refractivity contribution in [2.24, 2.45) is 7.05 Å². The Bertz CT molecular complexity index is 926. The first kappa shape index (κ1) is 19.3. The summed E-state index contributed by atoms with van der Waals surface area (Å²) in [4.78, 5) is 16.8. The number of Topliss-reactive ketones (excluding diaryl/α,β-unsaturated/α-hetero) is 1. The minimum atomic E-state index is -0.0273. The van der Waals surface area contributed by atoms with Crippen molar-refractivity contribution in [1.82, 2.24) is 19.7 Å². The molecule has 0 spiro atoms. The van der Waals surface area contributed by atoms with Crippen LogP contribution in [0.1, 0.15) is 39.4 Å². The van der Waals surface area contributed by atoms with E-state index < -0.39 is 0 Å². The number of pyridine rings is 1. The number of benzene rings is 1. The summed E-state index contributed by atoms with van der Waals surface area (Å²) < 4.78 is 1.89. The van der Waals surface area contributed by atoms with E-state index >= 15 is 0 Å². The van der Waals surface area contributed by atoms with Crippen LogP contribution in [-0.4, -0.2) is 37.2 Å². The maximum absolute atomic E-state index is 12.6. The van der Waals surface area contributed by atoms with Gasteiger partial charge in [0.25, 0.3) is 0 Å². The lowest BCUT2D eigenvalue weighted by atomic mass is 10.0. The molecule has 1 atom stereocenters. The van der Waals surface area contributed by atoms with E-state index in [2.05, 4.69) is 34.2 Å². The van der Waals surface area contributed by atoms with E-state index in [1.165, 1.54) is 0 Å². The number of carbonyl (C=O) groups excluding carboxylic acids is 1. The average Bonchev–Trinajstić information content (AvgIpc) is 3.07. The number of aromatic nitrogens is 4. The molecule has 3 aromatic rings. The van der Waals surface area contributed by atoms with E-state index in [1.807, 2.05) is 29.8 Å². The fourth-order valence-corrected chi connectivity index (χ4v) is 3.66. The fraction of sp³-hybridized carbons (Fsp3) is 0.300. The number of aliphatic hydroxyl groups is 1. The zero-order chi connectivity index (χ0) is 19.2. The molecule has 0 bridgehead atoms. The van der Waals surface area contributed by atoms with Gasteiger partial charge in [0, 0.05) is 31.5 Å². The highest BCUT2D eigenvalue weighted by molar-refractivity contribution is 7.99. The molecule has 7 heteroatoms. The molecule has 2 heterocycles. The van der Waals surface area contributed by atoms with E-state index in [0.29, 0.717) is 18.5 Å². The first-order chi connectivity index (χ1) is 13.1. The van der Waals surface area contributed by atoms with E-state index in [4.69, 9.17) is 5.11 Å². The third-order valence-corrected chi connectivity index (χ3v) is 5.45. The monoisotopic (exact) mass is 382 g/mol. The van der Waals surface area contributed by atoms with Gasteiger partial charge in [-0.2, -0.15) is 0 Å². The van der Waals surface area contributed by atoms with Gasteiger partial charge < -0.3 is 9.67 Å². The molecule has 1 aromatic carbocycles. The van der Waals surface area contributed by atoms with Crippen LogP contribution in [-0.2, 0) is 19.9 Å². The first-order valence-corrected chi connectivity index (χ1v) is 9.63. The van der Waals surface area contributed by atoms with Crippen LogP contribution in [0.4, 0.5) is 0 Å². The van der Waals surface area contributed by atoms with Gasteiger partial charge in [0.05, 0.1) is 0 Å². The number of ketones is 1. The summed E-state index contributed by atoms with van der Waals surface area (Å²) >= 11 is 1.63. The molecule has 2 aromatic heterocycles. The fourth-order valence-electron chi connectivity index (χ4n) is 2.75. The Labute approximate surface area is 162 Å². The summed E-state index contributed by atoms with van der Waals surface area (Å²) in [7, 11) is 1.92. The highest BCUT2D eigenvalue weighted by Crippen LogP contribution is 2.33. The Morgan fingerprint density at radius 3 is 2.85 bits per heavy atom. The van der Waals surface area contributed by atoms with E-state index in [1.54, 1.807) is 30.4 Å². The molecule has 0 saturated heterocycles. The third kappa shape index (κ3) is 5.02. The molecule has 0 amide bonds. The van der Waals surface area contributed by atoms with Gasteiger partial charge in [-0.05, 0) is 42.2 Å². The van der Waals surface area contributed by atoms with Crippen LogP contribution in [0.15, 0.2) is 54.1 Å². The van der Waals surface area contributed by atoms with Crippen molar-refractivity contribution in [3.63, 3.8) is 0 Å². The number of carbonyl (C=O) groups is 1. The van der Waals surface area contributed by atoms with Crippen LogP contribution in [0.5, 0.6) is 0 Å². The molecule has 1 N–H and O–H groups in total. The maximum Gasteiger partial charge on any atom is 0.191 e. The van der Waals surface area contributed by atoms with Crippen molar-refractivity contribution < 1.29 is 9.90 Å². The van der Waals surface area contributed by atoms with Gasteiger partial charge in [-0.1, -0.05) is 36.0 Å². The smallest absolute Gasteiger partial charge is 0.191 e. The van der Waals surface area contributed by atoms with Crippen molar-refractivity contribution in [3.05, 3.63) is 71.3 Å². The molecule has 27 heavy (non-hydrogen) atoms. The lowest BCUT2D eigenvalue weighted by Crippen LogP contribution is -2.07. The Morgan fingerprint density at radius 1 is 1.26 bits per heavy atom. The molecule has 0 radical (unpaired) electrons. The van der Waals surface area contributed by atoms with Gasteiger partial charge >= 0.3 is 0 Å². The normalized spacial score (nSPS) is 12.1. The Balaban J connectivity index is 1.71. The quantitative estimate of drug-likeness (QED) is 0.476. The molecule has 0 fully saturated rings. The molecule has 0 aliphatic carbocycles. The van der Waals surface area contributed by atoms with Crippen molar-refractivity contribution in [3.8, 4) is 0 Å². The van der Waals surface area contributed by atoms with Crippen LogP contribution in [0, 0.1) is 0 Å². The third-order valence-electron chi connectivity index (χ3n) is 4.25. The summed E-state index contributed by atoms with van der Waals surface area (Å²) in [6.45, 7) is 2.17. The molecule has 3 rings (SSSR count). The number of aryl methyl sites for hydroxylation is 1. The predicted molar refractivity (Wildman–Crippen MR) is 105 cm³/mol. The summed E-state index contributed by atoms with van der Waals surface area (Å²) in [5, 5.41) is 18.1. The van der Waals surface area contributed by atoms with Crippen LogP contribution >= 0.6 is 11.8 Å². The number of thioether (sulfide) groups is 1. The Hall–Kier alpha value is -2.51. The molecule has 140 valence electrons. The SMILES string of the molecule is C[C@H](Sc1nncn1C)c1cccc(CC(=O)c2cc(CCO)ccn2)c1. The van der Waals surface area contributed by atoms with E-state index in [0.717, 1.165) is 21.8 Å². The molecule has 6 nitrogen and oxygen atoms in total. The van der Waals surface area contributed by atoms with Gasteiger partial charge in [-0.15, -0.1) is 10.2 Å². The molecule has 0 aliphatic heterocycles. The molecule has 0 saturated carbocycles. The van der Waals surface area contributed by atoms with Gasteiger partial charge in [-0.25, -0.2) is 0 Å². The largest absolute Gasteiger partial charge is 0.396 e. The maximum atomic E-state index is 12.6. The van der Waals surface area contributed by atoms with Crippen molar-refractivity contribution >= 4 is 17.5 Å². The highest BCUT2D eigenvalue weighted by atomic mass is 32.2. The Kier molecular flexibility index (Phi) is 6.36. The number of hydrogen-bond donors (Lipinski definition) is 1. The molecule has 0 aliphatic rings. The van der Waals surface area contributed by atoms with Crippen LogP contribution in [0.25, 0.3) is 0 Å². The van der Waals surface area contributed by atoms with Gasteiger partial charge in [0.2, 0.25) is 0 Å². The van der Waals surface area contributed by atoms with Gasteiger partial charge in [0.15, 0.2) is 10.9 Å². The average molecular weight is 382 g/mol. The van der Waals surface area contributed by atoms with Crippen LogP contribution in [0.3, 0.4) is 0 Å². The zero-order valence-electron chi connectivity index (χ0n) is 15.4. The zero-order valence-corrected chi connectivity index (χ0v) is 16.2. The van der Waals surface area contributed by atoms with Crippen molar-refractivity contribution in [2.45, 2.75) is 30.2 Å².